The van der Waals surface area contributed by atoms with E-state index in [1.165, 1.54) is 18.2 Å². The Kier molecular flexibility index (Phi) is 6.03. The Bertz CT molecular complexity index is 1230. The summed E-state index contributed by atoms with van der Waals surface area (Å²) in [4.78, 5) is 41.9. The first kappa shape index (κ1) is 20.9. The van der Waals surface area contributed by atoms with Gasteiger partial charge in [-0.15, -0.1) is 0 Å². The van der Waals surface area contributed by atoms with E-state index in [4.69, 9.17) is 9.15 Å². The van der Waals surface area contributed by atoms with Crippen LogP contribution in [0.5, 0.6) is 0 Å². The highest BCUT2D eigenvalue weighted by atomic mass is 16.5. The quantitative estimate of drug-likeness (QED) is 0.436. The van der Waals surface area contributed by atoms with Gasteiger partial charge in [0, 0.05) is 18.0 Å². The number of carbonyl (C=O) groups excluding carboxylic acids is 3. The lowest BCUT2D eigenvalue weighted by atomic mass is 10.1. The third-order valence-corrected chi connectivity index (χ3v) is 4.96. The number of furan rings is 1. The monoisotopic (exact) mass is 431 g/mol. The lowest BCUT2D eigenvalue weighted by Gasteiger charge is -2.20. The standard InChI is InChI=1S/C24H21N3O5/c1-27(21-11-5-3-9-18(21)23(29)25-14-17-8-6-12-31-17)22(28)15-32-24(30)20-13-16-7-2-4-10-19(16)26-20/h2-13,26H,14-15H2,1H3,(H,25,29). The molecule has 2 heterocycles. The molecule has 0 bridgehead atoms. The maximum absolute atomic E-state index is 12.7. The van der Waals surface area contributed by atoms with E-state index in [-0.39, 0.29) is 18.1 Å². The molecule has 2 aromatic carbocycles. The number of aromatic amines is 1. The third-order valence-electron chi connectivity index (χ3n) is 4.96. The number of para-hydroxylation sites is 2. The van der Waals surface area contributed by atoms with Gasteiger partial charge in [-0.3, -0.25) is 9.59 Å². The molecule has 2 N–H and O–H groups in total. The van der Waals surface area contributed by atoms with E-state index in [9.17, 15) is 14.4 Å². The fraction of sp³-hybridized carbons (Fsp3) is 0.125. The molecule has 0 unspecified atom stereocenters. The van der Waals surface area contributed by atoms with Crippen molar-refractivity contribution in [1.29, 1.82) is 0 Å². The zero-order valence-corrected chi connectivity index (χ0v) is 17.3. The van der Waals surface area contributed by atoms with Crippen LogP contribution < -0.4 is 10.2 Å². The number of anilines is 1. The Morgan fingerprint density at radius 3 is 2.59 bits per heavy atom. The fourth-order valence-electron chi connectivity index (χ4n) is 3.25. The average Bonchev–Trinajstić information content (AvgIpc) is 3.50. The number of carbonyl (C=O) groups is 3. The van der Waals surface area contributed by atoms with Gasteiger partial charge in [-0.25, -0.2) is 4.79 Å². The van der Waals surface area contributed by atoms with E-state index >= 15 is 0 Å². The average molecular weight is 431 g/mol. The minimum Gasteiger partial charge on any atom is -0.467 e. The minimum absolute atomic E-state index is 0.222. The number of aromatic nitrogens is 1. The van der Waals surface area contributed by atoms with Gasteiger partial charge in [0.25, 0.3) is 11.8 Å². The van der Waals surface area contributed by atoms with Crippen LogP contribution in [0.15, 0.2) is 77.4 Å². The number of ether oxygens (including phenoxy) is 1. The van der Waals surface area contributed by atoms with Crippen LogP contribution in [-0.2, 0) is 16.1 Å². The van der Waals surface area contributed by atoms with Crippen molar-refractivity contribution in [2.45, 2.75) is 6.54 Å². The van der Waals surface area contributed by atoms with Gasteiger partial charge in [-0.1, -0.05) is 30.3 Å². The van der Waals surface area contributed by atoms with E-state index in [1.807, 2.05) is 24.3 Å². The summed E-state index contributed by atoms with van der Waals surface area (Å²) in [6.45, 7) is -0.243. The van der Waals surface area contributed by atoms with Crippen molar-refractivity contribution in [1.82, 2.24) is 10.3 Å². The van der Waals surface area contributed by atoms with Gasteiger partial charge in [-0.2, -0.15) is 0 Å². The molecule has 4 aromatic rings. The van der Waals surface area contributed by atoms with Gasteiger partial charge >= 0.3 is 5.97 Å². The molecule has 0 saturated carbocycles. The molecule has 162 valence electrons. The number of hydrogen-bond donors (Lipinski definition) is 2. The predicted octanol–water partition coefficient (Wildman–Crippen LogP) is 3.51. The van der Waals surface area contributed by atoms with Gasteiger partial charge in [0.1, 0.15) is 11.5 Å². The summed E-state index contributed by atoms with van der Waals surface area (Å²) >= 11 is 0. The van der Waals surface area contributed by atoms with Crippen LogP contribution in [0.3, 0.4) is 0 Å². The summed E-state index contributed by atoms with van der Waals surface area (Å²) in [7, 11) is 1.53. The molecule has 0 atom stereocenters. The summed E-state index contributed by atoms with van der Waals surface area (Å²) in [5.41, 5.74) is 1.78. The SMILES string of the molecule is CN(C(=O)COC(=O)c1cc2ccccc2[nH]1)c1ccccc1C(=O)NCc1ccco1. The second-order valence-corrected chi connectivity index (χ2v) is 7.08. The normalized spacial score (nSPS) is 10.7. The number of amides is 2. The Hall–Kier alpha value is -4.33. The van der Waals surface area contributed by atoms with Crippen LogP contribution in [0.25, 0.3) is 10.9 Å². The number of likely N-dealkylation sites (N-methyl/N-ethyl adjacent to an activating group) is 1. The predicted molar refractivity (Wildman–Crippen MR) is 118 cm³/mol. The molecule has 8 heteroatoms. The van der Waals surface area contributed by atoms with E-state index < -0.39 is 18.5 Å². The number of esters is 1. The molecule has 0 fully saturated rings. The summed E-state index contributed by atoms with van der Waals surface area (Å²) in [5, 5.41) is 3.63. The fourth-order valence-corrected chi connectivity index (χ4v) is 3.25. The molecule has 0 saturated heterocycles. The summed E-state index contributed by atoms with van der Waals surface area (Å²) in [6.07, 6.45) is 1.53. The first-order chi connectivity index (χ1) is 15.5. The van der Waals surface area contributed by atoms with E-state index in [2.05, 4.69) is 10.3 Å². The van der Waals surface area contributed by atoms with E-state index in [0.29, 0.717) is 17.0 Å². The lowest BCUT2D eigenvalue weighted by Crippen LogP contribution is -2.33. The highest BCUT2D eigenvalue weighted by Gasteiger charge is 2.20. The van der Waals surface area contributed by atoms with Crippen molar-refractivity contribution in [2.75, 3.05) is 18.6 Å². The molecule has 0 aliphatic rings. The Morgan fingerprint density at radius 1 is 1.03 bits per heavy atom. The molecular weight excluding hydrogens is 410 g/mol. The lowest BCUT2D eigenvalue weighted by molar-refractivity contribution is -0.121. The van der Waals surface area contributed by atoms with Crippen molar-refractivity contribution in [3.63, 3.8) is 0 Å². The molecule has 0 spiro atoms. The number of hydrogen-bond acceptors (Lipinski definition) is 5. The second kappa shape index (κ2) is 9.22. The maximum Gasteiger partial charge on any atom is 0.355 e. The van der Waals surface area contributed by atoms with Crippen LogP contribution >= 0.6 is 0 Å². The van der Waals surface area contributed by atoms with Crippen LogP contribution in [0.1, 0.15) is 26.6 Å². The Labute approximate surface area is 183 Å². The van der Waals surface area contributed by atoms with Gasteiger partial charge < -0.3 is 24.4 Å². The second-order valence-electron chi connectivity index (χ2n) is 7.08. The number of rotatable bonds is 7. The van der Waals surface area contributed by atoms with Crippen LogP contribution in [0.4, 0.5) is 5.69 Å². The number of H-pyrrole nitrogens is 1. The molecule has 0 aliphatic carbocycles. The molecule has 32 heavy (non-hydrogen) atoms. The van der Waals surface area contributed by atoms with Crippen molar-refractivity contribution < 1.29 is 23.5 Å². The van der Waals surface area contributed by atoms with Crippen LogP contribution in [0, 0.1) is 0 Å². The zero-order valence-electron chi connectivity index (χ0n) is 17.3. The van der Waals surface area contributed by atoms with Crippen molar-refractivity contribution in [2.24, 2.45) is 0 Å². The van der Waals surface area contributed by atoms with E-state index in [1.54, 1.807) is 42.5 Å². The largest absolute Gasteiger partial charge is 0.467 e. The van der Waals surface area contributed by atoms with Crippen molar-refractivity contribution in [3.8, 4) is 0 Å². The van der Waals surface area contributed by atoms with Crippen LogP contribution in [-0.4, -0.2) is 36.4 Å². The number of nitrogens with zero attached hydrogens (tertiary/aromatic N) is 1. The smallest absolute Gasteiger partial charge is 0.355 e. The van der Waals surface area contributed by atoms with Crippen molar-refractivity contribution >= 4 is 34.4 Å². The molecule has 0 aliphatic heterocycles. The first-order valence-electron chi connectivity index (χ1n) is 9.94. The molecule has 0 radical (unpaired) electrons. The molecule has 8 nitrogen and oxygen atoms in total. The number of nitrogens with one attached hydrogen (secondary N) is 2. The van der Waals surface area contributed by atoms with Gasteiger partial charge in [0.15, 0.2) is 6.61 Å². The highest BCUT2D eigenvalue weighted by Crippen LogP contribution is 2.20. The highest BCUT2D eigenvalue weighted by molar-refractivity contribution is 6.05. The van der Waals surface area contributed by atoms with Gasteiger partial charge in [0.05, 0.1) is 24.1 Å². The third kappa shape index (κ3) is 4.54. The summed E-state index contributed by atoms with van der Waals surface area (Å²) < 4.78 is 10.4. The van der Waals surface area contributed by atoms with Gasteiger partial charge in [-0.05, 0) is 36.4 Å². The number of fused-ring (bicyclic) bond motifs is 1. The summed E-state index contributed by atoms with van der Waals surface area (Å²) in [5.74, 6) is -0.843. The zero-order chi connectivity index (χ0) is 22.5. The van der Waals surface area contributed by atoms with Gasteiger partial charge in [0.2, 0.25) is 0 Å². The first-order valence-corrected chi connectivity index (χ1v) is 9.94. The molecule has 2 aromatic heterocycles. The van der Waals surface area contributed by atoms with Crippen LogP contribution in [0.2, 0.25) is 0 Å². The van der Waals surface area contributed by atoms with Crippen molar-refractivity contribution in [3.05, 3.63) is 90.0 Å². The topological polar surface area (TPSA) is 105 Å². The molecular formula is C24H21N3O5. The Balaban J connectivity index is 1.40. The van der Waals surface area contributed by atoms with E-state index in [0.717, 1.165) is 10.9 Å². The number of benzene rings is 2. The minimum atomic E-state index is -0.632. The summed E-state index contributed by atoms with van der Waals surface area (Å²) in [6, 6.07) is 19.3. The maximum atomic E-state index is 12.7. The molecule has 2 amide bonds. The Morgan fingerprint density at radius 2 is 1.81 bits per heavy atom. The molecule has 4 rings (SSSR count).